The fourth-order valence-electron chi connectivity index (χ4n) is 2.02. The number of oxazole rings is 1. The molecule has 0 aliphatic heterocycles. The Bertz CT molecular complexity index is 683. The van der Waals surface area contributed by atoms with E-state index in [-0.39, 0.29) is 6.04 Å². The van der Waals surface area contributed by atoms with Crippen molar-refractivity contribution >= 4 is 11.1 Å². The van der Waals surface area contributed by atoms with Gasteiger partial charge in [-0.1, -0.05) is 6.07 Å². The average Bonchev–Trinajstić information content (AvgIpc) is 3.04. The molecule has 5 heteroatoms. The predicted octanol–water partition coefficient (Wildman–Crippen LogP) is 2.50. The second kappa shape index (κ2) is 4.85. The van der Waals surface area contributed by atoms with Crippen LogP contribution < -0.4 is 5.73 Å². The van der Waals surface area contributed by atoms with Gasteiger partial charge in [0.25, 0.3) is 0 Å². The van der Waals surface area contributed by atoms with Crippen LogP contribution in [0.3, 0.4) is 0 Å². The number of hydrogen-bond donors (Lipinski definition) is 2. The van der Waals surface area contributed by atoms with Gasteiger partial charge < -0.3 is 15.1 Å². The van der Waals surface area contributed by atoms with Gasteiger partial charge in [0.15, 0.2) is 12.0 Å². The van der Waals surface area contributed by atoms with Crippen LogP contribution in [0.4, 0.5) is 0 Å². The van der Waals surface area contributed by atoms with Gasteiger partial charge in [0, 0.05) is 18.0 Å². The second-order valence-electron chi connectivity index (χ2n) is 4.79. The summed E-state index contributed by atoms with van der Waals surface area (Å²) in [6.07, 6.45) is 5.08. The maximum Gasteiger partial charge on any atom is 0.181 e. The minimum atomic E-state index is 0.194. The van der Waals surface area contributed by atoms with Crippen molar-refractivity contribution < 1.29 is 4.42 Å². The molecule has 0 amide bonds. The largest absolute Gasteiger partial charge is 0.443 e. The highest BCUT2D eigenvalue weighted by Crippen LogP contribution is 2.22. The van der Waals surface area contributed by atoms with E-state index in [4.69, 9.17) is 10.2 Å². The van der Waals surface area contributed by atoms with Crippen LogP contribution in [0.1, 0.15) is 19.2 Å². The molecule has 1 aromatic carbocycles. The van der Waals surface area contributed by atoms with Crippen molar-refractivity contribution in [2.45, 2.75) is 25.8 Å². The predicted molar refractivity (Wildman–Crippen MR) is 73.6 cm³/mol. The van der Waals surface area contributed by atoms with Crippen LogP contribution in [0, 0.1) is 0 Å². The molecule has 0 saturated heterocycles. The lowest BCUT2D eigenvalue weighted by atomic mass is 10.1. The molecule has 3 rings (SSSR count). The van der Waals surface area contributed by atoms with Crippen molar-refractivity contribution in [3.05, 3.63) is 36.6 Å². The molecule has 3 N–H and O–H groups in total. The Morgan fingerprint density at radius 3 is 3.11 bits per heavy atom. The van der Waals surface area contributed by atoms with E-state index in [9.17, 15) is 0 Å². The van der Waals surface area contributed by atoms with Gasteiger partial charge in [0.05, 0.1) is 11.9 Å². The number of hydrogen-bond acceptors (Lipinski definition) is 4. The second-order valence-corrected chi connectivity index (χ2v) is 4.79. The molecule has 1 unspecified atom stereocenters. The first-order chi connectivity index (χ1) is 9.22. The molecule has 98 valence electrons. The van der Waals surface area contributed by atoms with Crippen LogP contribution >= 0.6 is 0 Å². The van der Waals surface area contributed by atoms with E-state index in [0.29, 0.717) is 0 Å². The lowest BCUT2D eigenvalue weighted by Gasteiger charge is -2.01. The van der Waals surface area contributed by atoms with Gasteiger partial charge >= 0.3 is 0 Å². The molecule has 2 heterocycles. The minimum absolute atomic E-state index is 0.194. The fourth-order valence-corrected chi connectivity index (χ4v) is 2.02. The molecule has 0 aliphatic carbocycles. The normalized spacial score (nSPS) is 12.9. The van der Waals surface area contributed by atoms with E-state index >= 15 is 0 Å². The first-order valence-electron chi connectivity index (χ1n) is 6.35. The third-order valence-corrected chi connectivity index (χ3v) is 3.11. The van der Waals surface area contributed by atoms with Crippen molar-refractivity contribution in [3.8, 4) is 11.3 Å². The van der Waals surface area contributed by atoms with Crippen molar-refractivity contribution in [2.75, 3.05) is 0 Å². The van der Waals surface area contributed by atoms with Crippen LogP contribution in [0.25, 0.3) is 22.4 Å². The zero-order valence-corrected chi connectivity index (χ0v) is 10.8. The van der Waals surface area contributed by atoms with E-state index in [0.717, 1.165) is 41.0 Å². The van der Waals surface area contributed by atoms with Gasteiger partial charge in [0.2, 0.25) is 0 Å². The Balaban J connectivity index is 1.85. The van der Waals surface area contributed by atoms with Crippen LogP contribution in [-0.4, -0.2) is 21.0 Å². The Hall–Kier alpha value is -2.14. The number of nitrogens with one attached hydrogen (secondary N) is 1. The van der Waals surface area contributed by atoms with Crippen molar-refractivity contribution in [1.82, 2.24) is 15.0 Å². The van der Waals surface area contributed by atoms with Crippen molar-refractivity contribution in [3.63, 3.8) is 0 Å². The van der Waals surface area contributed by atoms with Gasteiger partial charge in [-0.2, -0.15) is 0 Å². The Morgan fingerprint density at radius 2 is 2.26 bits per heavy atom. The van der Waals surface area contributed by atoms with E-state index in [2.05, 4.69) is 15.0 Å². The standard InChI is InChI=1S/C14H16N4O/c1-9(15)2-5-14-16-7-12(18-14)10-3-4-11-13(6-10)19-8-17-11/h3-4,6-9H,2,5,15H2,1H3,(H,16,18). The minimum Gasteiger partial charge on any atom is -0.443 e. The number of aromatic nitrogens is 3. The van der Waals surface area contributed by atoms with E-state index in [1.54, 1.807) is 0 Å². The number of rotatable bonds is 4. The monoisotopic (exact) mass is 256 g/mol. The molecular formula is C14H16N4O. The zero-order valence-electron chi connectivity index (χ0n) is 10.8. The summed E-state index contributed by atoms with van der Waals surface area (Å²) >= 11 is 0. The SMILES string of the molecule is CC(N)CCc1ncc(-c2ccc3ncoc3c2)[nH]1. The van der Waals surface area contributed by atoms with E-state index in [1.807, 2.05) is 31.3 Å². The molecule has 2 aromatic heterocycles. The highest BCUT2D eigenvalue weighted by atomic mass is 16.3. The van der Waals surface area contributed by atoms with Crippen LogP contribution in [0.15, 0.2) is 35.2 Å². The highest BCUT2D eigenvalue weighted by Gasteiger charge is 2.06. The number of fused-ring (bicyclic) bond motifs is 1. The third kappa shape index (κ3) is 2.51. The van der Waals surface area contributed by atoms with Crippen molar-refractivity contribution in [1.29, 1.82) is 0 Å². The summed E-state index contributed by atoms with van der Waals surface area (Å²) in [7, 11) is 0. The molecule has 0 bridgehead atoms. The van der Waals surface area contributed by atoms with Crippen LogP contribution in [0.2, 0.25) is 0 Å². The van der Waals surface area contributed by atoms with Gasteiger partial charge in [0.1, 0.15) is 11.3 Å². The summed E-state index contributed by atoms with van der Waals surface area (Å²) < 4.78 is 5.30. The van der Waals surface area contributed by atoms with E-state index < -0.39 is 0 Å². The van der Waals surface area contributed by atoms with Gasteiger partial charge in [-0.25, -0.2) is 9.97 Å². The number of nitrogens with zero attached hydrogens (tertiary/aromatic N) is 2. The summed E-state index contributed by atoms with van der Waals surface area (Å²) in [6.45, 7) is 2.00. The van der Waals surface area contributed by atoms with Gasteiger partial charge in [-0.15, -0.1) is 0 Å². The topological polar surface area (TPSA) is 80.7 Å². The summed E-state index contributed by atoms with van der Waals surface area (Å²) in [6, 6.07) is 6.11. The smallest absolute Gasteiger partial charge is 0.181 e. The number of nitrogens with two attached hydrogens (primary N) is 1. The molecule has 1 atom stereocenters. The number of aryl methyl sites for hydroxylation is 1. The molecular weight excluding hydrogens is 240 g/mol. The number of aromatic amines is 1. The first-order valence-corrected chi connectivity index (χ1v) is 6.35. The summed E-state index contributed by atoms with van der Waals surface area (Å²) in [5, 5.41) is 0. The Morgan fingerprint density at radius 1 is 1.37 bits per heavy atom. The molecule has 0 fully saturated rings. The number of imidazole rings is 1. The van der Waals surface area contributed by atoms with Gasteiger partial charge in [-0.05, 0) is 25.5 Å². The van der Waals surface area contributed by atoms with Gasteiger partial charge in [-0.3, -0.25) is 0 Å². The fraction of sp³-hybridized carbons (Fsp3) is 0.286. The van der Waals surface area contributed by atoms with Crippen molar-refractivity contribution in [2.24, 2.45) is 5.73 Å². The maximum absolute atomic E-state index is 5.75. The number of benzene rings is 1. The molecule has 0 radical (unpaired) electrons. The molecule has 0 saturated carbocycles. The zero-order chi connectivity index (χ0) is 13.2. The molecule has 0 spiro atoms. The summed E-state index contributed by atoms with van der Waals surface area (Å²) in [5.41, 5.74) is 9.42. The molecule has 0 aliphatic rings. The third-order valence-electron chi connectivity index (χ3n) is 3.11. The molecule has 19 heavy (non-hydrogen) atoms. The summed E-state index contributed by atoms with van der Waals surface area (Å²) in [5.74, 6) is 0.963. The first kappa shape index (κ1) is 11.9. The highest BCUT2D eigenvalue weighted by molar-refractivity contribution is 5.78. The lowest BCUT2D eigenvalue weighted by Crippen LogP contribution is -2.15. The van der Waals surface area contributed by atoms with E-state index in [1.165, 1.54) is 6.39 Å². The Kier molecular flexibility index (Phi) is 3.05. The molecule has 3 aromatic rings. The summed E-state index contributed by atoms with van der Waals surface area (Å²) in [4.78, 5) is 11.8. The molecule has 5 nitrogen and oxygen atoms in total. The maximum atomic E-state index is 5.75. The Labute approximate surface area is 110 Å². The quantitative estimate of drug-likeness (QED) is 0.751. The average molecular weight is 256 g/mol. The van der Waals surface area contributed by atoms with Crippen LogP contribution in [0.5, 0.6) is 0 Å². The lowest BCUT2D eigenvalue weighted by molar-refractivity contribution is 0.602. The number of H-pyrrole nitrogens is 1. The van der Waals surface area contributed by atoms with Crippen LogP contribution in [-0.2, 0) is 6.42 Å².